The third kappa shape index (κ3) is 7.30. The van der Waals surface area contributed by atoms with Crippen LogP contribution in [0.25, 0.3) is 43.4 Å². The van der Waals surface area contributed by atoms with Gasteiger partial charge < -0.3 is 25.8 Å². The number of benzene rings is 8. The summed E-state index contributed by atoms with van der Waals surface area (Å²) >= 11 is 6.26. The van der Waals surface area contributed by atoms with E-state index in [1.165, 1.54) is 24.3 Å². The minimum absolute atomic E-state index is 0.0154. The van der Waals surface area contributed by atoms with Crippen LogP contribution in [0.5, 0.6) is 11.5 Å². The summed E-state index contributed by atoms with van der Waals surface area (Å²) in [6.45, 7) is 0. The maximum Gasteiger partial charge on any atom is 0.269 e. The molecule has 15 heteroatoms. The number of nitro benzene ring substituents is 1. The van der Waals surface area contributed by atoms with Crippen molar-refractivity contribution in [1.82, 2.24) is 4.98 Å². The van der Waals surface area contributed by atoms with E-state index in [1.54, 1.807) is 84.9 Å². The zero-order valence-corrected chi connectivity index (χ0v) is 32.3. The number of para-hydroxylation sites is 1. The molecule has 2 amide bonds. The van der Waals surface area contributed by atoms with Crippen LogP contribution < -0.4 is 10.6 Å². The number of nitrogens with zero attached hydrogens (tertiary/aromatic N) is 5. The van der Waals surface area contributed by atoms with E-state index >= 15 is 0 Å². The Kier molecular flexibility index (Phi) is 9.79. The van der Waals surface area contributed by atoms with E-state index in [0.717, 1.165) is 16.3 Å². The Bertz CT molecular complexity index is 3310. The number of azo groups is 2. The van der Waals surface area contributed by atoms with Gasteiger partial charge in [0.15, 0.2) is 11.5 Å². The zero-order chi connectivity index (χ0) is 42.2. The molecule has 8 aromatic carbocycles. The minimum Gasteiger partial charge on any atom is -0.505 e. The first-order valence-corrected chi connectivity index (χ1v) is 19.0. The number of hydrogen-bond acceptors (Lipinski definition) is 10. The van der Waals surface area contributed by atoms with Crippen molar-refractivity contribution in [2.45, 2.75) is 0 Å². The first-order chi connectivity index (χ1) is 29.6. The fourth-order valence-electron chi connectivity index (χ4n) is 7.06. The Balaban J connectivity index is 1.00. The van der Waals surface area contributed by atoms with E-state index < -0.39 is 22.5 Å². The van der Waals surface area contributed by atoms with Gasteiger partial charge in [0.25, 0.3) is 17.5 Å². The van der Waals surface area contributed by atoms with Gasteiger partial charge in [0.2, 0.25) is 0 Å². The average Bonchev–Trinajstić information content (AvgIpc) is 3.65. The Morgan fingerprint density at radius 2 is 1.20 bits per heavy atom. The van der Waals surface area contributed by atoms with Gasteiger partial charge >= 0.3 is 0 Å². The van der Waals surface area contributed by atoms with Crippen molar-refractivity contribution in [3.8, 4) is 11.5 Å². The second-order valence-corrected chi connectivity index (χ2v) is 14.2. The lowest BCUT2D eigenvalue weighted by Crippen LogP contribution is -2.13. The molecule has 9 aromatic rings. The molecule has 0 fully saturated rings. The summed E-state index contributed by atoms with van der Waals surface area (Å²) in [6.07, 6.45) is 0. The highest BCUT2D eigenvalue weighted by Crippen LogP contribution is 2.45. The van der Waals surface area contributed by atoms with Gasteiger partial charge in [-0.05, 0) is 77.5 Å². The second-order valence-electron chi connectivity index (χ2n) is 13.8. The Morgan fingerprint density at radius 3 is 1.89 bits per heavy atom. The zero-order valence-electron chi connectivity index (χ0n) is 31.5. The lowest BCUT2D eigenvalue weighted by atomic mass is 10.00. The first-order valence-electron chi connectivity index (χ1n) is 18.6. The predicted octanol–water partition coefficient (Wildman–Crippen LogP) is 12.9. The number of nitro groups is 1. The Labute approximate surface area is 349 Å². The number of aromatic nitrogens is 1. The lowest BCUT2D eigenvalue weighted by molar-refractivity contribution is -0.384. The lowest BCUT2D eigenvalue weighted by Gasteiger charge is -2.13. The molecule has 0 bridgehead atoms. The fraction of sp³-hybridized carbons (Fsp3) is 0. The standard InChI is InChI=1S/C46H29ClN8O6/c47-36-10-4-6-12-38(36)52-53-41-31-8-2-1-7-25(31)23-34(43(41)56)45(58)48-27-14-16-28(17-15-27)49-46(59)35-24-26-13-22-33-32-9-3-5-11-37(32)50-40(33)39(26)42(44(35)57)54-51-29-18-20-30(21-19-29)55(60)61/h1-24,50,56-57H,(H,48,58)(H,49,59). The number of amides is 2. The summed E-state index contributed by atoms with van der Waals surface area (Å²) in [5.74, 6) is -2.08. The number of aromatic amines is 1. The van der Waals surface area contributed by atoms with Crippen molar-refractivity contribution in [2.75, 3.05) is 10.6 Å². The van der Waals surface area contributed by atoms with E-state index in [0.29, 0.717) is 54.8 Å². The quantitative estimate of drug-likeness (QED) is 0.0543. The van der Waals surface area contributed by atoms with Crippen LogP contribution >= 0.6 is 11.6 Å². The fourth-order valence-corrected chi connectivity index (χ4v) is 7.23. The van der Waals surface area contributed by atoms with Crippen molar-refractivity contribution in [3.05, 3.63) is 172 Å². The molecule has 14 nitrogen and oxygen atoms in total. The van der Waals surface area contributed by atoms with Crippen LogP contribution in [-0.2, 0) is 0 Å². The van der Waals surface area contributed by atoms with Crippen LogP contribution in [0.1, 0.15) is 20.7 Å². The van der Waals surface area contributed by atoms with Gasteiger partial charge in [0, 0.05) is 50.6 Å². The van der Waals surface area contributed by atoms with Gasteiger partial charge in [0.1, 0.15) is 17.1 Å². The van der Waals surface area contributed by atoms with Gasteiger partial charge in [-0.2, -0.15) is 5.11 Å². The SMILES string of the molecule is O=C(Nc1ccc(NC(=O)c2cc3ccc4c5ccccc5[nH]c4c3c(N=Nc3ccc([N+](=O)[O-])cc3)c2O)cc1)c1cc2ccccc2c(N=Nc2ccccc2Cl)c1O. The van der Waals surface area contributed by atoms with Gasteiger partial charge in [-0.15, -0.1) is 15.3 Å². The molecule has 1 heterocycles. The molecule has 9 rings (SSSR count). The first kappa shape index (κ1) is 38.1. The smallest absolute Gasteiger partial charge is 0.269 e. The van der Waals surface area contributed by atoms with Gasteiger partial charge in [0.05, 0.1) is 32.3 Å². The number of halogens is 1. The van der Waals surface area contributed by atoms with Crippen LogP contribution in [0, 0.1) is 10.1 Å². The van der Waals surface area contributed by atoms with E-state index in [9.17, 15) is 29.9 Å². The van der Waals surface area contributed by atoms with Crippen molar-refractivity contribution in [2.24, 2.45) is 20.5 Å². The Morgan fingerprint density at radius 1 is 0.607 bits per heavy atom. The molecule has 0 aliphatic heterocycles. The molecule has 0 saturated carbocycles. The number of carbonyl (C=O) groups excluding carboxylic acids is 2. The highest BCUT2D eigenvalue weighted by Gasteiger charge is 2.23. The summed E-state index contributed by atoms with van der Waals surface area (Å²) in [5, 5.41) is 61.5. The predicted molar refractivity (Wildman–Crippen MR) is 236 cm³/mol. The number of non-ortho nitro benzene ring substituents is 1. The average molecular weight is 825 g/mol. The van der Waals surface area contributed by atoms with E-state index in [4.69, 9.17) is 11.6 Å². The van der Waals surface area contributed by atoms with Crippen LogP contribution in [0.15, 0.2) is 166 Å². The van der Waals surface area contributed by atoms with Crippen LogP contribution in [0.2, 0.25) is 5.02 Å². The van der Waals surface area contributed by atoms with Gasteiger partial charge in [-0.1, -0.05) is 78.3 Å². The normalized spacial score (nSPS) is 11.6. The van der Waals surface area contributed by atoms with E-state index in [-0.39, 0.29) is 33.9 Å². The number of nitrogens with one attached hydrogen (secondary N) is 3. The largest absolute Gasteiger partial charge is 0.505 e. The number of fused-ring (bicyclic) bond motifs is 6. The molecule has 0 aliphatic rings. The number of phenols is 2. The van der Waals surface area contributed by atoms with E-state index in [2.05, 4.69) is 36.1 Å². The maximum absolute atomic E-state index is 13.9. The second kappa shape index (κ2) is 15.7. The molecule has 1 aromatic heterocycles. The van der Waals surface area contributed by atoms with Gasteiger partial charge in [-0.25, -0.2) is 0 Å². The maximum atomic E-state index is 13.9. The number of anilines is 2. The molecule has 5 N–H and O–H groups in total. The number of aromatic hydroxyl groups is 2. The summed E-state index contributed by atoms with van der Waals surface area (Å²) < 4.78 is 0. The molecule has 0 radical (unpaired) electrons. The molecule has 0 aliphatic carbocycles. The third-order valence-electron chi connectivity index (χ3n) is 10.1. The van der Waals surface area contributed by atoms with Crippen LogP contribution in [-0.4, -0.2) is 31.9 Å². The number of phenolic OH excluding ortho intramolecular Hbond substituents is 2. The van der Waals surface area contributed by atoms with Crippen molar-refractivity contribution in [1.29, 1.82) is 0 Å². The van der Waals surface area contributed by atoms with Gasteiger partial charge in [-0.3, -0.25) is 19.7 Å². The molecule has 296 valence electrons. The molecular weight excluding hydrogens is 796 g/mol. The number of carbonyl (C=O) groups is 2. The molecule has 0 saturated heterocycles. The topological polar surface area (TPSA) is 207 Å². The van der Waals surface area contributed by atoms with Crippen molar-refractivity contribution in [3.63, 3.8) is 0 Å². The van der Waals surface area contributed by atoms with Crippen molar-refractivity contribution < 1.29 is 24.7 Å². The molecule has 0 atom stereocenters. The van der Waals surface area contributed by atoms with E-state index in [1.807, 2.05) is 36.4 Å². The van der Waals surface area contributed by atoms with Crippen molar-refractivity contribution >= 4 is 107 Å². The highest BCUT2D eigenvalue weighted by molar-refractivity contribution is 6.33. The molecule has 61 heavy (non-hydrogen) atoms. The van der Waals surface area contributed by atoms with Crippen LogP contribution in [0.4, 0.5) is 39.8 Å². The summed E-state index contributed by atoms with van der Waals surface area (Å²) in [6, 6.07) is 40.3. The molecule has 0 spiro atoms. The summed E-state index contributed by atoms with van der Waals surface area (Å²) in [7, 11) is 0. The molecule has 0 unspecified atom stereocenters. The summed E-state index contributed by atoms with van der Waals surface area (Å²) in [4.78, 5) is 41.5. The summed E-state index contributed by atoms with van der Waals surface area (Å²) in [5.41, 5.74) is 2.79. The number of hydrogen-bond donors (Lipinski definition) is 5. The molecular formula is C46H29ClN8O6. The number of rotatable bonds is 9. The minimum atomic E-state index is -0.653. The highest BCUT2D eigenvalue weighted by atomic mass is 35.5. The number of H-pyrrole nitrogens is 1. The Hall–Kier alpha value is -8.49. The monoisotopic (exact) mass is 824 g/mol. The van der Waals surface area contributed by atoms with Crippen LogP contribution in [0.3, 0.4) is 0 Å². The third-order valence-corrected chi connectivity index (χ3v) is 10.4.